The number of aromatic nitrogens is 3. The van der Waals surface area contributed by atoms with Crippen LogP contribution in [0.1, 0.15) is 0 Å². The minimum Gasteiger partial charge on any atom is -0.376 e. The smallest absolute Gasteiger partial charge is 0.376 e. The molecule has 0 bridgehead atoms. The van der Waals surface area contributed by atoms with E-state index < -0.39 is 42.8 Å². The molecule has 2 aromatic heterocycles. The number of alkyl halides is 6. The Bertz CT molecular complexity index is 1730. The number of hydrogen-bond donors (Lipinski definition) is 0. The second-order valence-electron chi connectivity index (χ2n) is 7.73. The number of hydrogen-bond acceptors (Lipinski definition) is 9. The molecule has 0 aliphatic rings. The molecular weight excluding hydrogens is 592 g/mol. The summed E-state index contributed by atoms with van der Waals surface area (Å²) in [5.74, 6) is -1.23. The maximum atomic E-state index is 12.7. The third kappa shape index (κ3) is 6.15. The van der Waals surface area contributed by atoms with Crippen molar-refractivity contribution in [1.82, 2.24) is 15.0 Å². The first-order chi connectivity index (χ1) is 18.6. The molecule has 40 heavy (non-hydrogen) atoms. The van der Waals surface area contributed by atoms with Crippen molar-refractivity contribution >= 4 is 20.2 Å². The Labute approximate surface area is 222 Å². The average molecular weight is 605 g/mol. The van der Waals surface area contributed by atoms with Gasteiger partial charge in [0.05, 0.1) is 11.4 Å². The molecule has 0 spiro atoms. The van der Waals surface area contributed by atoms with Crippen molar-refractivity contribution in [2.45, 2.75) is 11.0 Å². The lowest BCUT2D eigenvalue weighted by Gasteiger charge is -2.14. The predicted octanol–water partition coefficient (Wildman–Crippen LogP) is 5.33. The van der Waals surface area contributed by atoms with Gasteiger partial charge in [-0.25, -0.2) is 15.0 Å². The van der Waals surface area contributed by atoms with E-state index in [1.807, 2.05) is 0 Å². The SMILES string of the molecule is O=S(=O)(Oc1ccc(-c2ccc(-c3cncnc3)nc2-c2ccc(OS(=O)(=O)C(F)(F)F)cc2)cc1)C(F)(F)F. The van der Waals surface area contributed by atoms with E-state index >= 15 is 0 Å². The first kappa shape index (κ1) is 28.8. The Balaban J connectivity index is 1.74. The molecule has 17 heteroatoms. The van der Waals surface area contributed by atoms with Gasteiger partial charge in [-0.2, -0.15) is 43.2 Å². The summed E-state index contributed by atoms with van der Waals surface area (Å²) in [5.41, 5.74) is -9.20. The number of rotatable bonds is 7. The Kier molecular flexibility index (Phi) is 7.46. The molecule has 0 saturated heterocycles. The van der Waals surface area contributed by atoms with Crippen molar-refractivity contribution in [3.8, 4) is 45.1 Å². The Hall–Kier alpha value is -4.25. The first-order valence-electron chi connectivity index (χ1n) is 10.6. The second-order valence-corrected chi connectivity index (χ2v) is 10.8. The van der Waals surface area contributed by atoms with E-state index in [9.17, 15) is 43.2 Å². The van der Waals surface area contributed by atoms with Crippen LogP contribution in [0.25, 0.3) is 33.6 Å². The van der Waals surface area contributed by atoms with Gasteiger partial charge in [0.25, 0.3) is 0 Å². The van der Waals surface area contributed by atoms with Gasteiger partial charge in [-0.1, -0.05) is 18.2 Å². The molecule has 0 atom stereocenters. The van der Waals surface area contributed by atoms with Crippen LogP contribution in [-0.2, 0) is 20.2 Å². The van der Waals surface area contributed by atoms with E-state index in [0.717, 1.165) is 24.3 Å². The van der Waals surface area contributed by atoms with E-state index in [-0.39, 0.29) is 11.3 Å². The fourth-order valence-corrected chi connectivity index (χ4v) is 4.13. The number of nitrogens with zero attached hydrogens (tertiary/aromatic N) is 3. The van der Waals surface area contributed by atoms with Crippen LogP contribution in [0.15, 0.2) is 79.4 Å². The Morgan fingerprint density at radius 1 is 0.575 bits per heavy atom. The molecule has 0 aliphatic carbocycles. The minimum absolute atomic E-state index is 0.211. The summed E-state index contributed by atoms with van der Waals surface area (Å²) in [4.78, 5) is 12.4. The van der Waals surface area contributed by atoms with Crippen molar-refractivity contribution in [2.75, 3.05) is 0 Å². The van der Waals surface area contributed by atoms with Gasteiger partial charge in [0.15, 0.2) is 0 Å². The third-order valence-electron chi connectivity index (χ3n) is 5.02. The van der Waals surface area contributed by atoms with Gasteiger partial charge in [-0.05, 0) is 48.0 Å². The molecule has 0 saturated carbocycles. The molecule has 210 valence electrons. The molecular formula is C23H13F6N3O6S2. The fourth-order valence-electron chi connectivity index (χ4n) is 3.21. The molecule has 0 fully saturated rings. The number of benzene rings is 2. The zero-order valence-corrected chi connectivity index (χ0v) is 21.0. The quantitative estimate of drug-likeness (QED) is 0.156. The van der Waals surface area contributed by atoms with Crippen molar-refractivity contribution in [1.29, 1.82) is 0 Å². The molecule has 4 rings (SSSR count). The van der Waals surface area contributed by atoms with Crippen LogP contribution in [0.4, 0.5) is 26.3 Å². The van der Waals surface area contributed by atoms with Crippen LogP contribution in [0, 0.1) is 0 Å². The van der Waals surface area contributed by atoms with Gasteiger partial charge in [0.1, 0.15) is 17.8 Å². The van der Waals surface area contributed by atoms with E-state index in [2.05, 4.69) is 23.3 Å². The maximum Gasteiger partial charge on any atom is 0.534 e. The molecule has 2 heterocycles. The summed E-state index contributed by atoms with van der Waals surface area (Å²) in [6.45, 7) is 0. The molecule has 0 amide bonds. The molecule has 9 nitrogen and oxygen atoms in total. The summed E-state index contributed by atoms with van der Waals surface area (Å²) in [5, 5.41) is 0. The van der Waals surface area contributed by atoms with Crippen molar-refractivity contribution in [3.05, 3.63) is 79.4 Å². The van der Waals surface area contributed by atoms with Crippen molar-refractivity contribution < 1.29 is 51.5 Å². The van der Waals surface area contributed by atoms with Crippen molar-refractivity contribution in [3.63, 3.8) is 0 Å². The lowest BCUT2D eigenvalue weighted by Crippen LogP contribution is -2.28. The average Bonchev–Trinajstić information content (AvgIpc) is 2.88. The van der Waals surface area contributed by atoms with E-state index in [1.54, 1.807) is 12.1 Å². The minimum atomic E-state index is -5.90. The summed E-state index contributed by atoms with van der Waals surface area (Å²) < 4.78 is 129. The van der Waals surface area contributed by atoms with Gasteiger partial charge in [-0.15, -0.1) is 0 Å². The largest absolute Gasteiger partial charge is 0.534 e. The lowest BCUT2D eigenvalue weighted by atomic mass is 9.98. The molecule has 4 aromatic rings. The van der Waals surface area contributed by atoms with Crippen LogP contribution in [0.2, 0.25) is 0 Å². The number of pyridine rings is 1. The topological polar surface area (TPSA) is 125 Å². The predicted molar refractivity (Wildman–Crippen MR) is 127 cm³/mol. The highest BCUT2D eigenvalue weighted by Crippen LogP contribution is 2.36. The third-order valence-corrected chi connectivity index (χ3v) is 6.98. The van der Waals surface area contributed by atoms with Crippen LogP contribution >= 0.6 is 0 Å². The standard InChI is InChI=1S/C23H13F6N3O6S2/c24-22(25,26)39(33,34)37-17-5-1-14(2-6-17)19-9-10-20(16-11-30-13-31-12-16)32-21(19)15-3-7-18(8-4-15)38-40(35,36)23(27,28)29/h1-13H. The van der Waals surface area contributed by atoms with E-state index in [4.69, 9.17) is 0 Å². The molecule has 0 aliphatic heterocycles. The highest BCUT2D eigenvalue weighted by atomic mass is 32.2. The van der Waals surface area contributed by atoms with Crippen molar-refractivity contribution in [2.24, 2.45) is 0 Å². The lowest BCUT2D eigenvalue weighted by molar-refractivity contribution is -0.0504. The highest BCUT2D eigenvalue weighted by molar-refractivity contribution is 7.88. The Morgan fingerprint density at radius 2 is 1.02 bits per heavy atom. The summed E-state index contributed by atoms with van der Waals surface area (Å²) >= 11 is 0. The molecule has 0 unspecified atom stereocenters. The second kappa shape index (κ2) is 10.4. The van der Waals surface area contributed by atoms with Crippen LogP contribution in [0.3, 0.4) is 0 Å². The normalized spacial score (nSPS) is 12.7. The monoisotopic (exact) mass is 605 g/mol. The molecule has 0 radical (unpaired) electrons. The first-order valence-corrected chi connectivity index (χ1v) is 13.4. The molecule has 2 aromatic carbocycles. The Morgan fingerprint density at radius 3 is 1.48 bits per heavy atom. The van der Waals surface area contributed by atoms with Crippen LogP contribution in [0.5, 0.6) is 11.5 Å². The number of halogens is 6. The van der Waals surface area contributed by atoms with Crippen LogP contribution < -0.4 is 8.37 Å². The summed E-state index contributed by atoms with van der Waals surface area (Å²) in [6, 6.07) is 12.1. The summed E-state index contributed by atoms with van der Waals surface area (Å²) in [6.07, 6.45) is 4.21. The van der Waals surface area contributed by atoms with Gasteiger partial charge >= 0.3 is 31.3 Å². The van der Waals surface area contributed by atoms with Gasteiger partial charge in [-0.3, -0.25) is 0 Å². The zero-order chi connectivity index (χ0) is 29.3. The van der Waals surface area contributed by atoms with E-state index in [1.165, 1.54) is 43.0 Å². The van der Waals surface area contributed by atoms with Gasteiger partial charge < -0.3 is 8.37 Å². The van der Waals surface area contributed by atoms with Crippen LogP contribution in [-0.4, -0.2) is 42.8 Å². The molecule has 0 N–H and O–H groups in total. The fraction of sp³-hybridized carbons (Fsp3) is 0.0870. The van der Waals surface area contributed by atoms with Gasteiger partial charge in [0.2, 0.25) is 0 Å². The highest BCUT2D eigenvalue weighted by Gasteiger charge is 2.49. The van der Waals surface area contributed by atoms with E-state index in [0.29, 0.717) is 22.4 Å². The maximum absolute atomic E-state index is 12.7. The zero-order valence-electron chi connectivity index (χ0n) is 19.4. The summed E-state index contributed by atoms with van der Waals surface area (Å²) in [7, 11) is -11.8. The van der Waals surface area contributed by atoms with Gasteiger partial charge in [0, 0.05) is 29.1 Å².